The molecule has 1 aromatic rings. The zero-order valence-electron chi connectivity index (χ0n) is 8.05. The summed E-state index contributed by atoms with van der Waals surface area (Å²) in [5.41, 5.74) is -0.582. The van der Waals surface area contributed by atoms with E-state index in [4.69, 9.17) is 0 Å². The Kier molecular flexibility index (Phi) is 2.96. The molecule has 0 aromatic heterocycles. The topological polar surface area (TPSA) is 0 Å². The lowest BCUT2D eigenvalue weighted by Crippen LogP contribution is -2.28. The summed E-state index contributed by atoms with van der Waals surface area (Å²) in [5.74, 6) is -2.42. The lowest BCUT2D eigenvalue weighted by molar-refractivity contribution is 0.0608. The highest BCUT2D eigenvalue weighted by Gasteiger charge is 2.38. The maximum atomic E-state index is 13.9. The number of hydrogen-bond donors (Lipinski definition) is 0. The van der Waals surface area contributed by atoms with Crippen molar-refractivity contribution in [3.8, 4) is 0 Å². The second kappa shape index (κ2) is 4.08. The fourth-order valence-electron chi connectivity index (χ4n) is 1.71. The molecule has 0 amide bonds. The minimum absolute atomic E-state index is 0.483. The Balaban J connectivity index is 2.10. The maximum Gasteiger partial charge on any atom is 0.288 e. The summed E-state index contributed by atoms with van der Waals surface area (Å²) in [5, 5.41) is 0. The van der Waals surface area contributed by atoms with Gasteiger partial charge in [-0.05, 0) is 37.0 Å². The predicted octanol–water partition coefficient (Wildman–Crippen LogP) is 4.35. The first-order chi connectivity index (χ1) is 7.10. The Bertz CT molecular complexity index is 330. The van der Waals surface area contributed by atoms with Crippen molar-refractivity contribution >= 4 is 11.8 Å². The summed E-state index contributed by atoms with van der Waals surface area (Å²) in [7, 11) is 0. The number of benzene rings is 1. The summed E-state index contributed by atoms with van der Waals surface area (Å²) >= 11 is 0.488. The van der Waals surface area contributed by atoms with Crippen molar-refractivity contribution in [2.45, 2.75) is 35.6 Å². The van der Waals surface area contributed by atoms with Crippen LogP contribution in [0, 0.1) is 0 Å². The Labute approximate surface area is 90.9 Å². The minimum atomic E-state index is -2.42. The van der Waals surface area contributed by atoms with Gasteiger partial charge in [0.25, 0.3) is 5.76 Å². The Morgan fingerprint density at radius 1 is 1.13 bits per heavy atom. The van der Waals surface area contributed by atoms with Crippen molar-refractivity contribution in [3.05, 3.63) is 29.8 Å². The monoisotopic (exact) mass is 232 g/mol. The summed E-state index contributed by atoms with van der Waals surface area (Å²) in [6, 6.07) is 6.35. The van der Waals surface area contributed by atoms with E-state index in [2.05, 4.69) is 0 Å². The Morgan fingerprint density at radius 3 is 2.13 bits per heavy atom. The van der Waals surface area contributed by atoms with E-state index in [0.717, 1.165) is 6.42 Å². The van der Waals surface area contributed by atoms with Crippen LogP contribution in [0.15, 0.2) is 29.2 Å². The first-order valence-corrected chi connectivity index (χ1v) is 5.72. The SMILES string of the molecule is FC(F)Sc1ccc(C2(F)CCC2)cc1. The first kappa shape index (κ1) is 10.9. The molecule has 0 aliphatic heterocycles. The van der Waals surface area contributed by atoms with Crippen LogP contribution in [0.5, 0.6) is 0 Å². The minimum Gasteiger partial charge on any atom is -0.239 e. The number of hydrogen-bond acceptors (Lipinski definition) is 1. The quantitative estimate of drug-likeness (QED) is 0.698. The molecular weight excluding hydrogens is 221 g/mol. The smallest absolute Gasteiger partial charge is 0.239 e. The standard InChI is InChI=1S/C11H11F3S/c12-10(13)15-9-4-2-8(3-5-9)11(14)6-1-7-11/h2-5,10H,1,6-7H2. The maximum absolute atomic E-state index is 13.9. The zero-order valence-corrected chi connectivity index (χ0v) is 8.87. The molecule has 1 saturated carbocycles. The molecule has 0 heterocycles. The average Bonchev–Trinajstić information content (AvgIpc) is 2.14. The summed E-state index contributed by atoms with van der Waals surface area (Å²) in [6.45, 7) is 0. The molecule has 4 heteroatoms. The van der Waals surface area contributed by atoms with Crippen LogP contribution in [-0.2, 0) is 5.67 Å². The molecule has 0 unspecified atom stereocenters. The van der Waals surface area contributed by atoms with E-state index in [1.807, 2.05) is 0 Å². The van der Waals surface area contributed by atoms with E-state index in [1.54, 1.807) is 24.3 Å². The highest BCUT2D eigenvalue weighted by atomic mass is 32.2. The molecule has 1 aliphatic rings. The highest BCUT2D eigenvalue weighted by Crippen LogP contribution is 2.45. The third-order valence-electron chi connectivity index (χ3n) is 2.74. The molecular formula is C11H11F3S. The number of rotatable bonds is 3. The van der Waals surface area contributed by atoms with Crippen LogP contribution >= 0.6 is 11.8 Å². The van der Waals surface area contributed by atoms with Crippen molar-refractivity contribution in [2.75, 3.05) is 0 Å². The highest BCUT2D eigenvalue weighted by molar-refractivity contribution is 7.99. The molecule has 82 valence electrons. The van der Waals surface area contributed by atoms with E-state index in [1.165, 1.54) is 0 Å². The predicted molar refractivity (Wildman–Crippen MR) is 54.9 cm³/mol. The van der Waals surface area contributed by atoms with Crippen LogP contribution < -0.4 is 0 Å². The Morgan fingerprint density at radius 2 is 1.73 bits per heavy atom. The van der Waals surface area contributed by atoms with Crippen LogP contribution in [0.2, 0.25) is 0 Å². The van der Waals surface area contributed by atoms with Gasteiger partial charge in [-0.2, -0.15) is 8.78 Å². The molecule has 0 N–H and O–H groups in total. The molecule has 0 spiro atoms. The number of halogens is 3. The molecule has 0 nitrogen and oxygen atoms in total. The summed E-state index contributed by atoms with van der Waals surface area (Å²) in [6.07, 6.45) is 2.01. The van der Waals surface area contributed by atoms with Gasteiger partial charge in [0.05, 0.1) is 0 Å². The van der Waals surface area contributed by atoms with Crippen LogP contribution in [0.25, 0.3) is 0 Å². The third kappa shape index (κ3) is 2.30. The molecule has 1 aromatic carbocycles. The Hall–Kier alpha value is -0.640. The van der Waals surface area contributed by atoms with Gasteiger partial charge in [0.15, 0.2) is 0 Å². The molecule has 1 fully saturated rings. The van der Waals surface area contributed by atoms with Crippen molar-refractivity contribution < 1.29 is 13.2 Å². The van der Waals surface area contributed by atoms with Crippen LogP contribution in [0.1, 0.15) is 24.8 Å². The lowest BCUT2D eigenvalue weighted by Gasteiger charge is -2.34. The van der Waals surface area contributed by atoms with E-state index in [9.17, 15) is 13.2 Å². The molecule has 0 bridgehead atoms. The van der Waals surface area contributed by atoms with Crippen LogP contribution in [0.4, 0.5) is 13.2 Å². The molecule has 15 heavy (non-hydrogen) atoms. The number of alkyl halides is 3. The second-order valence-electron chi connectivity index (χ2n) is 3.72. The summed E-state index contributed by atoms with van der Waals surface area (Å²) < 4.78 is 37.9. The van der Waals surface area contributed by atoms with Crippen molar-refractivity contribution in [3.63, 3.8) is 0 Å². The van der Waals surface area contributed by atoms with Crippen LogP contribution in [-0.4, -0.2) is 5.76 Å². The largest absolute Gasteiger partial charge is 0.288 e. The number of thioether (sulfide) groups is 1. The van der Waals surface area contributed by atoms with Gasteiger partial charge in [0, 0.05) is 4.90 Å². The second-order valence-corrected chi connectivity index (χ2v) is 4.79. The normalized spacial score (nSPS) is 18.9. The molecule has 2 rings (SSSR count). The van der Waals surface area contributed by atoms with Crippen LogP contribution in [0.3, 0.4) is 0 Å². The molecule has 1 aliphatic carbocycles. The van der Waals surface area contributed by atoms with Gasteiger partial charge in [0.2, 0.25) is 0 Å². The fourth-order valence-corrected chi connectivity index (χ4v) is 2.21. The molecule has 0 saturated heterocycles. The van der Waals surface area contributed by atoms with Gasteiger partial charge < -0.3 is 0 Å². The lowest BCUT2D eigenvalue weighted by atomic mass is 9.77. The molecule has 0 atom stereocenters. The van der Waals surface area contributed by atoms with Gasteiger partial charge in [-0.1, -0.05) is 23.9 Å². The van der Waals surface area contributed by atoms with Gasteiger partial charge in [-0.15, -0.1) is 0 Å². The van der Waals surface area contributed by atoms with E-state index in [-0.39, 0.29) is 0 Å². The van der Waals surface area contributed by atoms with Gasteiger partial charge in [-0.25, -0.2) is 4.39 Å². The zero-order chi connectivity index (χ0) is 10.9. The summed E-state index contributed by atoms with van der Waals surface area (Å²) in [4.78, 5) is 0.483. The third-order valence-corrected chi connectivity index (χ3v) is 3.47. The van der Waals surface area contributed by atoms with Crippen molar-refractivity contribution in [1.29, 1.82) is 0 Å². The van der Waals surface area contributed by atoms with E-state index in [0.29, 0.717) is 35.1 Å². The van der Waals surface area contributed by atoms with Gasteiger partial charge >= 0.3 is 0 Å². The van der Waals surface area contributed by atoms with Crippen molar-refractivity contribution in [1.82, 2.24) is 0 Å². The van der Waals surface area contributed by atoms with E-state index < -0.39 is 11.4 Å². The van der Waals surface area contributed by atoms with Gasteiger partial charge in [0.1, 0.15) is 5.67 Å². The average molecular weight is 232 g/mol. The fraction of sp³-hybridized carbons (Fsp3) is 0.455. The first-order valence-electron chi connectivity index (χ1n) is 4.84. The van der Waals surface area contributed by atoms with E-state index >= 15 is 0 Å². The van der Waals surface area contributed by atoms with Crippen molar-refractivity contribution in [2.24, 2.45) is 0 Å². The van der Waals surface area contributed by atoms with Gasteiger partial charge in [-0.3, -0.25) is 0 Å². The molecule has 0 radical (unpaired) electrons.